The maximum atomic E-state index is 12.2. The predicted octanol–water partition coefficient (Wildman–Crippen LogP) is -0.194. The Labute approximate surface area is 91.4 Å². The molecule has 2 rings (SSSR count). The smallest absolute Gasteiger partial charge is 0.228 e. The molecule has 2 fully saturated rings. The molecule has 1 unspecified atom stereocenters. The second-order valence-electron chi connectivity index (χ2n) is 4.53. The minimum Gasteiger partial charge on any atom is -0.338 e. The van der Waals surface area contributed by atoms with Crippen LogP contribution in [-0.4, -0.2) is 49.6 Å². The second kappa shape index (κ2) is 4.94. The van der Waals surface area contributed by atoms with Crippen molar-refractivity contribution in [2.24, 2.45) is 5.92 Å². The highest BCUT2D eigenvalue weighted by Gasteiger charge is 2.33. The van der Waals surface area contributed by atoms with Gasteiger partial charge in [0, 0.05) is 32.2 Å². The molecule has 2 aliphatic rings. The molecule has 0 aromatic rings. The lowest BCUT2D eigenvalue weighted by Gasteiger charge is -2.35. The fourth-order valence-corrected chi connectivity index (χ4v) is 2.32. The normalized spacial score (nSPS) is 26.3. The standard InChI is InChI=1S/C11H21N3O/c1-2-5-14(10-3-4-12-8-10)11(15)9-6-13-7-9/h9-10,12-13H,2-8H2,1H3. The highest BCUT2D eigenvalue weighted by molar-refractivity contribution is 5.80. The van der Waals surface area contributed by atoms with Crippen molar-refractivity contribution < 1.29 is 4.79 Å². The first kappa shape index (κ1) is 10.9. The van der Waals surface area contributed by atoms with Gasteiger partial charge in [0.2, 0.25) is 5.91 Å². The van der Waals surface area contributed by atoms with Crippen molar-refractivity contribution in [3.05, 3.63) is 0 Å². The van der Waals surface area contributed by atoms with Gasteiger partial charge in [-0.1, -0.05) is 6.92 Å². The van der Waals surface area contributed by atoms with Gasteiger partial charge in [-0.25, -0.2) is 0 Å². The number of rotatable bonds is 4. The van der Waals surface area contributed by atoms with Crippen LogP contribution in [-0.2, 0) is 4.79 Å². The van der Waals surface area contributed by atoms with Crippen LogP contribution in [0.2, 0.25) is 0 Å². The van der Waals surface area contributed by atoms with Crippen LogP contribution in [0.15, 0.2) is 0 Å². The van der Waals surface area contributed by atoms with E-state index in [0.29, 0.717) is 11.9 Å². The molecule has 4 nitrogen and oxygen atoms in total. The van der Waals surface area contributed by atoms with Crippen LogP contribution in [0.1, 0.15) is 19.8 Å². The van der Waals surface area contributed by atoms with E-state index in [4.69, 9.17) is 0 Å². The van der Waals surface area contributed by atoms with Gasteiger partial charge in [-0.2, -0.15) is 0 Å². The molecule has 0 bridgehead atoms. The summed E-state index contributed by atoms with van der Waals surface area (Å²) in [5.74, 6) is 0.612. The van der Waals surface area contributed by atoms with Crippen molar-refractivity contribution in [2.45, 2.75) is 25.8 Å². The van der Waals surface area contributed by atoms with Gasteiger partial charge in [0.05, 0.1) is 5.92 Å². The molecule has 0 aromatic carbocycles. The van der Waals surface area contributed by atoms with Crippen LogP contribution in [0.3, 0.4) is 0 Å². The zero-order valence-electron chi connectivity index (χ0n) is 9.46. The number of carbonyl (C=O) groups excluding carboxylic acids is 1. The van der Waals surface area contributed by atoms with Gasteiger partial charge < -0.3 is 15.5 Å². The SMILES string of the molecule is CCCN(C(=O)C1CNC1)C1CCNC1. The third-order valence-corrected chi connectivity index (χ3v) is 3.35. The lowest BCUT2D eigenvalue weighted by Crippen LogP contribution is -2.54. The Morgan fingerprint density at radius 3 is 2.60 bits per heavy atom. The first-order chi connectivity index (χ1) is 7.33. The number of carbonyl (C=O) groups is 1. The monoisotopic (exact) mass is 211 g/mol. The molecule has 2 heterocycles. The molecule has 86 valence electrons. The van der Waals surface area contributed by atoms with Crippen molar-refractivity contribution in [1.29, 1.82) is 0 Å². The summed E-state index contributed by atoms with van der Waals surface area (Å²) < 4.78 is 0. The van der Waals surface area contributed by atoms with Gasteiger partial charge in [0.15, 0.2) is 0 Å². The van der Waals surface area contributed by atoms with Crippen LogP contribution in [0.4, 0.5) is 0 Å². The molecule has 2 saturated heterocycles. The molecule has 1 amide bonds. The van der Waals surface area contributed by atoms with Gasteiger partial charge in [0.25, 0.3) is 0 Å². The number of hydrogen-bond acceptors (Lipinski definition) is 3. The summed E-state index contributed by atoms with van der Waals surface area (Å²) in [7, 11) is 0. The highest BCUT2D eigenvalue weighted by Crippen LogP contribution is 2.15. The van der Waals surface area contributed by atoms with E-state index >= 15 is 0 Å². The lowest BCUT2D eigenvalue weighted by molar-refractivity contribution is -0.139. The van der Waals surface area contributed by atoms with E-state index in [0.717, 1.165) is 45.6 Å². The first-order valence-electron chi connectivity index (χ1n) is 6.05. The molecule has 0 radical (unpaired) electrons. The number of hydrogen-bond donors (Lipinski definition) is 2. The summed E-state index contributed by atoms with van der Waals surface area (Å²) in [5, 5.41) is 6.50. The van der Waals surface area contributed by atoms with Crippen molar-refractivity contribution in [1.82, 2.24) is 15.5 Å². The number of amides is 1. The second-order valence-corrected chi connectivity index (χ2v) is 4.53. The molecular weight excluding hydrogens is 190 g/mol. The molecule has 0 saturated carbocycles. The average Bonchev–Trinajstić information content (AvgIpc) is 2.63. The van der Waals surface area contributed by atoms with E-state index in [1.165, 1.54) is 0 Å². The molecule has 2 aliphatic heterocycles. The van der Waals surface area contributed by atoms with E-state index in [1.54, 1.807) is 0 Å². The highest BCUT2D eigenvalue weighted by atomic mass is 16.2. The Kier molecular flexibility index (Phi) is 3.59. The minimum absolute atomic E-state index is 0.247. The molecule has 0 spiro atoms. The third-order valence-electron chi connectivity index (χ3n) is 3.35. The molecule has 1 atom stereocenters. The fraction of sp³-hybridized carbons (Fsp3) is 0.909. The summed E-state index contributed by atoms with van der Waals surface area (Å²) in [6.45, 7) is 6.84. The Bertz CT molecular complexity index is 222. The average molecular weight is 211 g/mol. The summed E-state index contributed by atoms with van der Waals surface area (Å²) in [6.07, 6.45) is 2.17. The largest absolute Gasteiger partial charge is 0.338 e. The third kappa shape index (κ3) is 2.32. The van der Waals surface area contributed by atoms with Gasteiger partial charge in [-0.05, 0) is 19.4 Å². The Morgan fingerprint density at radius 1 is 1.33 bits per heavy atom. The van der Waals surface area contributed by atoms with Crippen LogP contribution < -0.4 is 10.6 Å². The van der Waals surface area contributed by atoms with Crippen molar-refractivity contribution in [3.63, 3.8) is 0 Å². The van der Waals surface area contributed by atoms with Gasteiger partial charge in [-0.3, -0.25) is 4.79 Å². The zero-order valence-corrected chi connectivity index (χ0v) is 9.46. The fourth-order valence-electron chi connectivity index (χ4n) is 2.32. The van der Waals surface area contributed by atoms with Crippen LogP contribution in [0, 0.1) is 5.92 Å². The quantitative estimate of drug-likeness (QED) is 0.677. The van der Waals surface area contributed by atoms with Gasteiger partial charge >= 0.3 is 0 Å². The topological polar surface area (TPSA) is 44.4 Å². The summed E-state index contributed by atoms with van der Waals surface area (Å²) in [6, 6.07) is 0.443. The summed E-state index contributed by atoms with van der Waals surface area (Å²) in [4.78, 5) is 14.3. The molecular formula is C11H21N3O. The van der Waals surface area contributed by atoms with E-state index in [1.807, 2.05) is 0 Å². The number of nitrogens with one attached hydrogen (secondary N) is 2. The van der Waals surface area contributed by atoms with Crippen LogP contribution in [0.25, 0.3) is 0 Å². The summed E-state index contributed by atoms with van der Waals surface area (Å²) >= 11 is 0. The van der Waals surface area contributed by atoms with Gasteiger partial charge in [-0.15, -0.1) is 0 Å². The van der Waals surface area contributed by atoms with Crippen molar-refractivity contribution >= 4 is 5.91 Å². The van der Waals surface area contributed by atoms with Crippen molar-refractivity contribution in [2.75, 3.05) is 32.7 Å². The molecule has 0 aromatic heterocycles. The van der Waals surface area contributed by atoms with Crippen LogP contribution in [0.5, 0.6) is 0 Å². The molecule has 15 heavy (non-hydrogen) atoms. The molecule has 2 N–H and O–H groups in total. The van der Waals surface area contributed by atoms with Crippen LogP contribution >= 0.6 is 0 Å². The Morgan fingerprint density at radius 2 is 2.13 bits per heavy atom. The van der Waals surface area contributed by atoms with Gasteiger partial charge in [0.1, 0.15) is 0 Å². The molecule has 0 aliphatic carbocycles. The van der Waals surface area contributed by atoms with Crippen molar-refractivity contribution in [3.8, 4) is 0 Å². The van der Waals surface area contributed by atoms with E-state index in [-0.39, 0.29) is 5.92 Å². The minimum atomic E-state index is 0.247. The lowest BCUT2D eigenvalue weighted by atomic mass is 10.0. The zero-order chi connectivity index (χ0) is 10.7. The summed E-state index contributed by atoms with van der Waals surface area (Å²) in [5.41, 5.74) is 0. The maximum absolute atomic E-state index is 12.2. The van der Waals surface area contributed by atoms with E-state index in [9.17, 15) is 4.79 Å². The van der Waals surface area contributed by atoms with E-state index < -0.39 is 0 Å². The predicted molar refractivity (Wildman–Crippen MR) is 59.6 cm³/mol. The maximum Gasteiger partial charge on any atom is 0.228 e. The molecule has 4 heteroatoms. The number of nitrogens with zero attached hydrogens (tertiary/aromatic N) is 1. The first-order valence-corrected chi connectivity index (χ1v) is 6.05. The Hall–Kier alpha value is -0.610. The Balaban J connectivity index is 1.94. The van der Waals surface area contributed by atoms with E-state index in [2.05, 4.69) is 22.5 Å².